The van der Waals surface area contributed by atoms with E-state index in [0.29, 0.717) is 36.0 Å². The molecule has 0 radical (unpaired) electrons. The molecule has 2 fully saturated rings. The van der Waals surface area contributed by atoms with E-state index >= 15 is 0 Å². The average Bonchev–Trinajstić information content (AvgIpc) is 3.49. The van der Waals surface area contributed by atoms with Crippen molar-refractivity contribution in [2.75, 3.05) is 19.6 Å². The van der Waals surface area contributed by atoms with Crippen LogP contribution in [0.3, 0.4) is 0 Å². The van der Waals surface area contributed by atoms with Crippen molar-refractivity contribution in [3.05, 3.63) is 40.3 Å². The Morgan fingerprint density at radius 1 is 1.15 bits per heavy atom. The summed E-state index contributed by atoms with van der Waals surface area (Å²) in [4.78, 5) is 40.9. The zero-order chi connectivity index (χ0) is 18.3. The Bertz CT molecular complexity index is 918. The largest absolute Gasteiger partial charge is 0.341 e. The van der Waals surface area contributed by atoms with Crippen LogP contribution >= 0.6 is 0 Å². The number of hydrogen-bond donors (Lipinski definition) is 1. The minimum absolute atomic E-state index is 0.0625. The Morgan fingerprint density at radius 2 is 1.96 bits per heavy atom. The van der Waals surface area contributed by atoms with Crippen LogP contribution in [0, 0.1) is 5.92 Å². The number of amides is 2. The van der Waals surface area contributed by atoms with Crippen LogP contribution in [0.5, 0.6) is 0 Å². The number of hydrogen-bond acceptors (Lipinski definition) is 4. The summed E-state index contributed by atoms with van der Waals surface area (Å²) in [6.07, 6.45) is 4.32. The van der Waals surface area contributed by atoms with Crippen LogP contribution in [-0.2, 0) is 4.79 Å². The van der Waals surface area contributed by atoms with Gasteiger partial charge in [0.05, 0.1) is 11.6 Å². The van der Waals surface area contributed by atoms with Gasteiger partial charge in [-0.05, 0) is 44.4 Å². The zero-order valence-electron chi connectivity index (χ0n) is 14.8. The molecule has 1 saturated carbocycles. The highest BCUT2D eigenvalue weighted by Crippen LogP contribution is 2.31. The summed E-state index contributed by atoms with van der Waals surface area (Å²) in [5, 5.41) is 7.35. The number of aromatic amines is 1. The molecule has 2 aromatic rings. The fourth-order valence-electron chi connectivity index (χ4n) is 3.57. The molecular formula is C19H22N4O3. The fourth-order valence-corrected chi connectivity index (χ4v) is 3.57. The highest BCUT2D eigenvalue weighted by Gasteiger charge is 2.35. The molecule has 1 saturated heterocycles. The van der Waals surface area contributed by atoms with E-state index in [1.165, 1.54) is 0 Å². The summed E-state index contributed by atoms with van der Waals surface area (Å²) in [7, 11) is 0. The minimum atomic E-state index is -0.265. The topological polar surface area (TPSA) is 86.4 Å². The molecule has 1 atom stereocenters. The maximum Gasteiger partial charge on any atom is 0.272 e. The Balaban J connectivity index is 1.55. The maximum atomic E-state index is 13.0. The first-order valence-corrected chi connectivity index (χ1v) is 9.12. The Labute approximate surface area is 151 Å². The lowest BCUT2D eigenvalue weighted by Crippen LogP contribution is -2.40. The van der Waals surface area contributed by atoms with E-state index in [1.807, 2.05) is 16.7 Å². The first kappa shape index (κ1) is 16.8. The molecular weight excluding hydrogens is 332 g/mol. The minimum Gasteiger partial charge on any atom is -0.341 e. The van der Waals surface area contributed by atoms with E-state index in [4.69, 9.17) is 0 Å². The van der Waals surface area contributed by atoms with Gasteiger partial charge < -0.3 is 9.80 Å². The summed E-state index contributed by atoms with van der Waals surface area (Å²) >= 11 is 0. The van der Waals surface area contributed by atoms with Crippen molar-refractivity contribution in [2.45, 2.75) is 32.2 Å². The van der Waals surface area contributed by atoms with E-state index in [0.717, 1.165) is 19.3 Å². The van der Waals surface area contributed by atoms with Gasteiger partial charge in [0.15, 0.2) is 0 Å². The number of H-pyrrole nitrogens is 1. The van der Waals surface area contributed by atoms with Gasteiger partial charge in [0, 0.05) is 42.5 Å². The molecule has 0 spiro atoms. The molecule has 1 unspecified atom stereocenters. The second-order valence-corrected chi connectivity index (χ2v) is 7.24. The van der Waals surface area contributed by atoms with E-state index < -0.39 is 0 Å². The molecule has 4 rings (SSSR count). The molecule has 2 aliphatic rings. The molecule has 0 bridgehead atoms. The van der Waals surface area contributed by atoms with Gasteiger partial charge in [-0.15, -0.1) is 0 Å². The van der Waals surface area contributed by atoms with Crippen LogP contribution < -0.4 is 5.56 Å². The van der Waals surface area contributed by atoms with Crippen LogP contribution in [0.2, 0.25) is 0 Å². The number of benzene rings is 1. The van der Waals surface area contributed by atoms with Crippen LogP contribution in [0.15, 0.2) is 29.2 Å². The summed E-state index contributed by atoms with van der Waals surface area (Å²) in [5.74, 6) is 0.376. The van der Waals surface area contributed by atoms with Gasteiger partial charge in [-0.1, -0.05) is 0 Å². The molecule has 7 heteroatoms. The molecule has 2 amide bonds. The second kappa shape index (κ2) is 6.55. The first-order valence-electron chi connectivity index (χ1n) is 9.12. The zero-order valence-corrected chi connectivity index (χ0v) is 14.8. The predicted molar refractivity (Wildman–Crippen MR) is 96.8 cm³/mol. The SMILES string of the molecule is CC1CCN(C(=O)C2CC2)CCN1C(=O)c1ccc2c(=O)[nH]ncc2c1. The van der Waals surface area contributed by atoms with Crippen molar-refractivity contribution in [2.24, 2.45) is 5.92 Å². The molecule has 1 N–H and O–H groups in total. The third kappa shape index (κ3) is 3.09. The van der Waals surface area contributed by atoms with E-state index in [2.05, 4.69) is 10.2 Å². The first-order chi connectivity index (χ1) is 12.5. The number of carbonyl (C=O) groups excluding carboxylic acids is 2. The monoisotopic (exact) mass is 354 g/mol. The Kier molecular flexibility index (Phi) is 4.22. The van der Waals surface area contributed by atoms with Crippen LogP contribution in [0.4, 0.5) is 0 Å². The number of nitrogens with zero attached hydrogens (tertiary/aromatic N) is 3. The van der Waals surface area contributed by atoms with Gasteiger partial charge in [0.25, 0.3) is 11.5 Å². The van der Waals surface area contributed by atoms with E-state index in [-0.39, 0.29) is 29.3 Å². The Hall–Kier alpha value is -2.70. The lowest BCUT2D eigenvalue weighted by Gasteiger charge is -2.27. The summed E-state index contributed by atoms with van der Waals surface area (Å²) < 4.78 is 0. The predicted octanol–water partition coefficient (Wildman–Crippen LogP) is 1.40. The second-order valence-electron chi connectivity index (χ2n) is 7.24. The van der Waals surface area contributed by atoms with Gasteiger partial charge in [-0.2, -0.15) is 5.10 Å². The van der Waals surface area contributed by atoms with Gasteiger partial charge in [0.1, 0.15) is 0 Å². The molecule has 1 aliphatic heterocycles. The molecule has 2 heterocycles. The van der Waals surface area contributed by atoms with Crippen molar-refractivity contribution in [1.29, 1.82) is 0 Å². The van der Waals surface area contributed by atoms with Crippen molar-refractivity contribution in [3.63, 3.8) is 0 Å². The number of carbonyl (C=O) groups is 2. The number of rotatable bonds is 2. The summed E-state index contributed by atoms with van der Waals surface area (Å²) in [6.45, 7) is 3.85. The number of aromatic nitrogens is 2. The number of fused-ring (bicyclic) bond motifs is 1. The highest BCUT2D eigenvalue weighted by molar-refractivity contribution is 5.98. The lowest BCUT2D eigenvalue weighted by molar-refractivity contribution is -0.132. The third-order valence-corrected chi connectivity index (χ3v) is 5.37. The number of nitrogens with one attached hydrogen (secondary N) is 1. The third-order valence-electron chi connectivity index (χ3n) is 5.37. The van der Waals surface area contributed by atoms with Gasteiger partial charge in [-0.25, -0.2) is 5.10 Å². The molecule has 26 heavy (non-hydrogen) atoms. The quantitative estimate of drug-likeness (QED) is 0.883. The smallest absolute Gasteiger partial charge is 0.272 e. The molecule has 136 valence electrons. The van der Waals surface area contributed by atoms with Crippen molar-refractivity contribution in [1.82, 2.24) is 20.0 Å². The highest BCUT2D eigenvalue weighted by atomic mass is 16.2. The summed E-state index contributed by atoms with van der Waals surface area (Å²) in [6, 6.07) is 5.12. The van der Waals surface area contributed by atoms with Crippen molar-refractivity contribution >= 4 is 22.6 Å². The fraction of sp³-hybridized carbons (Fsp3) is 0.474. The molecule has 1 aliphatic carbocycles. The van der Waals surface area contributed by atoms with Crippen LogP contribution in [0.1, 0.15) is 36.5 Å². The Morgan fingerprint density at radius 3 is 2.73 bits per heavy atom. The van der Waals surface area contributed by atoms with Crippen LogP contribution in [-0.4, -0.2) is 57.5 Å². The van der Waals surface area contributed by atoms with Gasteiger partial charge >= 0.3 is 0 Å². The van der Waals surface area contributed by atoms with Gasteiger partial charge in [0.2, 0.25) is 5.91 Å². The lowest BCUT2D eigenvalue weighted by atomic mass is 10.1. The molecule has 1 aromatic heterocycles. The van der Waals surface area contributed by atoms with Gasteiger partial charge in [-0.3, -0.25) is 14.4 Å². The van der Waals surface area contributed by atoms with Crippen molar-refractivity contribution in [3.8, 4) is 0 Å². The maximum absolute atomic E-state index is 13.0. The van der Waals surface area contributed by atoms with Crippen LogP contribution in [0.25, 0.3) is 10.8 Å². The normalized spacial score (nSPS) is 20.9. The van der Waals surface area contributed by atoms with E-state index in [1.54, 1.807) is 24.4 Å². The summed E-state index contributed by atoms with van der Waals surface area (Å²) in [5.41, 5.74) is 0.276. The standard InChI is InChI=1S/C19H22N4O3/c1-12-6-7-22(18(25)13-2-3-13)8-9-23(12)19(26)14-4-5-16-15(10-14)11-20-21-17(16)24/h4-5,10-13H,2-3,6-9H2,1H3,(H,21,24). The molecule has 7 nitrogen and oxygen atoms in total. The van der Waals surface area contributed by atoms with E-state index in [9.17, 15) is 14.4 Å². The average molecular weight is 354 g/mol. The molecule has 1 aromatic carbocycles. The van der Waals surface area contributed by atoms with Crippen molar-refractivity contribution < 1.29 is 9.59 Å².